The average molecular weight is 201 g/mol. The SMILES string of the molecule is CN1CCC(CCNCC(O)CN)C1. The van der Waals surface area contributed by atoms with E-state index in [1.54, 1.807) is 0 Å². The first kappa shape index (κ1) is 11.9. The first-order valence-corrected chi connectivity index (χ1v) is 5.49. The first-order chi connectivity index (χ1) is 6.72. The fraction of sp³-hybridized carbons (Fsp3) is 1.00. The molecule has 1 saturated heterocycles. The predicted molar refractivity (Wildman–Crippen MR) is 58.2 cm³/mol. The first-order valence-electron chi connectivity index (χ1n) is 5.49. The number of nitrogens with zero attached hydrogens (tertiary/aromatic N) is 1. The number of hydrogen-bond acceptors (Lipinski definition) is 4. The molecule has 1 aliphatic heterocycles. The van der Waals surface area contributed by atoms with E-state index in [1.165, 1.54) is 25.9 Å². The molecule has 4 N–H and O–H groups in total. The van der Waals surface area contributed by atoms with Gasteiger partial charge in [0.15, 0.2) is 0 Å². The van der Waals surface area contributed by atoms with Crippen molar-refractivity contribution in [2.45, 2.75) is 18.9 Å². The Morgan fingerprint density at radius 1 is 1.64 bits per heavy atom. The molecule has 0 spiro atoms. The highest BCUT2D eigenvalue weighted by atomic mass is 16.3. The summed E-state index contributed by atoms with van der Waals surface area (Å²) in [6, 6.07) is 0. The van der Waals surface area contributed by atoms with Gasteiger partial charge in [-0.25, -0.2) is 0 Å². The Morgan fingerprint density at radius 2 is 2.43 bits per heavy atom. The summed E-state index contributed by atoms with van der Waals surface area (Å²) in [7, 11) is 2.17. The van der Waals surface area contributed by atoms with E-state index in [0.717, 1.165) is 12.5 Å². The molecule has 4 heteroatoms. The van der Waals surface area contributed by atoms with E-state index in [4.69, 9.17) is 5.73 Å². The maximum Gasteiger partial charge on any atom is 0.0786 e. The van der Waals surface area contributed by atoms with Crippen LogP contribution in [0.4, 0.5) is 0 Å². The second-order valence-electron chi connectivity index (χ2n) is 4.30. The standard InChI is InChI=1S/C10H23N3O/c1-13-5-3-9(8-13)2-4-12-7-10(14)6-11/h9-10,12,14H,2-8,11H2,1H3. The molecule has 0 radical (unpaired) electrons. The molecular formula is C10H23N3O. The molecular weight excluding hydrogens is 178 g/mol. The van der Waals surface area contributed by atoms with E-state index < -0.39 is 0 Å². The van der Waals surface area contributed by atoms with Crippen molar-refractivity contribution in [2.75, 3.05) is 39.8 Å². The van der Waals surface area contributed by atoms with E-state index in [2.05, 4.69) is 17.3 Å². The highest BCUT2D eigenvalue weighted by molar-refractivity contribution is 4.73. The van der Waals surface area contributed by atoms with Crippen LogP contribution in [-0.2, 0) is 0 Å². The van der Waals surface area contributed by atoms with Crippen molar-refractivity contribution in [3.8, 4) is 0 Å². The third-order valence-corrected chi connectivity index (χ3v) is 2.87. The van der Waals surface area contributed by atoms with Crippen molar-refractivity contribution >= 4 is 0 Å². The molecule has 0 aliphatic carbocycles. The second kappa shape index (κ2) is 6.35. The van der Waals surface area contributed by atoms with Gasteiger partial charge in [-0.15, -0.1) is 0 Å². The fourth-order valence-electron chi connectivity index (χ4n) is 1.92. The summed E-state index contributed by atoms with van der Waals surface area (Å²) in [4.78, 5) is 2.37. The third kappa shape index (κ3) is 4.37. The van der Waals surface area contributed by atoms with E-state index in [1.807, 2.05) is 0 Å². The molecule has 14 heavy (non-hydrogen) atoms. The molecule has 0 amide bonds. The molecule has 1 heterocycles. The number of nitrogens with one attached hydrogen (secondary N) is 1. The van der Waals surface area contributed by atoms with Crippen molar-refractivity contribution in [1.82, 2.24) is 10.2 Å². The molecule has 1 rings (SSSR count). The molecule has 1 fully saturated rings. The lowest BCUT2D eigenvalue weighted by Crippen LogP contribution is -2.33. The predicted octanol–water partition coefficient (Wildman–Crippen LogP) is -0.763. The Bertz CT molecular complexity index is 154. The minimum absolute atomic E-state index is 0.346. The van der Waals surface area contributed by atoms with Crippen LogP contribution in [0, 0.1) is 5.92 Å². The van der Waals surface area contributed by atoms with Crippen molar-refractivity contribution in [1.29, 1.82) is 0 Å². The van der Waals surface area contributed by atoms with Crippen LogP contribution in [0.1, 0.15) is 12.8 Å². The normalized spacial score (nSPS) is 25.5. The molecule has 2 atom stereocenters. The average Bonchev–Trinajstić information content (AvgIpc) is 2.58. The minimum Gasteiger partial charge on any atom is -0.390 e. The Labute approximate surface area is 86.5 Å². The zero-order chi connectivity index (χ0) is 10.4. The molecule has 4 nitrogen and oxygen atoms in total. The maximum atomic E-state index is 9.20. The molecule has 84 valence electrons. The van der Waals surface area contributed by atoms with Gasteiger partial charge in [0.1, 0.15) is 0 Å². The van der Waals surface area contributed by atoms with Crippen LogP contribution in [-0.4, -0.2) is 55.9 Å². The Hall–Kier alpha value is -0.160. The lowest BCUT2D eigenvalue weighted by molar-refractivity contribution is 0.179. The van der Waals surface area contributed by atoms with Crippen LogP contribution in [0.5, 0.6) is 0 Å². The van der Waals surface area contributed by atoms with Crippen molar-refractivity contribution in [2.24, 2.45) is 11.7 Å². The number of aliphatic hydroxyl groups excluding tert-OH is 1. The lowest BCUT2D eigenvalue weighted by atomic mass is 10.1. The highest BCUT2D eigenvalue weighted by Gasteiger charge is 2.18. The smallest absolute Gasteiger partial charge is 0.0786 e. The quantitative estimate of drug-likeness (QED) is 0.494. The zero-order valence-corrected chi connectivity index (χ0v) is 9.08. The summed E-state index contributed by atoms with van der Waals surface area (Å²) in [5, 5.41) is 12.4. The number of nitrogens with two attached hydrogens (primary N) is 1. The monoisotopic (exact) mass is 201 g/mol. The molecule has 0 aromatic carbocycles. The summed E-state index contributed by atoms with van der Waals surface area (Å²) in [6.45, 7) is 4.42. The van der Waals surface area contributed by atoms with Crippen LogP contribution in [0.25, 0.3) is 0 Å². The number of rotatable bonds is 6. The van der Waals surface area contributed by atoms with Gasteiger partial charge >= 0.3 is 0 Å². The molecule has 1 aliphatic rings. The Kier molecular flexibility index (Phi) is 5.40. The van der Waals surface area contributed by atoms with E-state index in [-0.39, 0.29) is 6.10 Å². The van der Waals surface area contributed by atoms with Gasteiger partial charge in [0.05, 0.1) is 6.10 Å². The van der Waals surface area contributed by atoms with Crippen molar-refractivity contribution < 1.29 is 5.11 Å². The van der Waals surface area contributed by atoms with Gasteiger partial charge in [-0.05, 0) is 38.9 Å². The zero-order valence-electron chi connectivity index (χ0n) is 9.08. The van der Waals surface area contributed by atoms with Crippen molar-refractivity contribution in [3.63, 3.8) is 0 Å². The second-order valence-corrected chi connectivity index (χ2v) is 4.30. The van der Waals surface area contributed by atoms with Gasteiger partial charge in [0.25, 0.3) is 0 Å². The van der Waals surface area contributed by atoms with Crippen LogP contribution < -0.4 is 11.1 Å². The van der Waals surface area contributed by atoms with Crippen LogP contribution in [0.3, 0.4) is 0 Å². The molecule has 0 saturated carbocycles. The Morgan fingerprint density at radius 3 is 3.00 bits per heavy atom. The van der Waals surface area contributed by atoms with E-state index >= 15 is 0 Å². The number of likely N-dealkylation sites (tertiary alicyclic amines) is 1. The van der Waals surface area contributed by atoms with Crippen LogP contribution in [0.15, 0.2) is 0 Å². The van der Waals surface area contributed by atoms with Crippen molar-refractivity contribution in [3.05, 3.63) is 0 Å². The molecule has 0 aromatic heterocycles. The van der Waals surface area contributed by atoms with E-state index in [0.29, 0.717) is 13.1 Å². The summed E-state index contributed by atoms with van der Waals surface area (Å²) < 4.78 is 0. The number of aliphatic hydroxyl groups is 1. The summed E-state index contributed by atoms with van der Waals surface area (Å²) in [6.07, 6.45) is 2.14. The lowest BCUT2D eigenvalue weighted by Gasteiger charge is -2.12. The maximum absolute atomic E-state index is 9.20. The van der Waals surface area contributed by atoms with Gasteiger partial charge in [0, 0.05) is 19.6 Å². The van der Waals surface area contributed by atoms with Crippen LogP contribution in [0.2, 0.25) is 0 Å². The van der Waals surface area contributed by atoms with Gasteiger partial charge in [-0.2, -0.15) is 0 Å². The summed E-state index contributed by atoms with van der Waals surface area (Å²) in [5.74, 6) is 0.836. The highest BCUT2D eigenvalue weighted by Crippen LogP contribution is 2.16. The van der Waals surface area contributed by atoms with Gasteiger partial charge in [0.2, 0.25) is 0 Å². The largest absolute Gasteiger partial charge is 0.390 e. The van der Waals surface area contributed by atoms with E-state index in [9.17, 15) is 5.11 Å². The van der Waals surface area contributed by atoms with Crippen LogP contribution >= 0.6 is 0 Å². The molecule has 2 unspecified atom stereocenters. The summed E-state index contributed by atoms with van der Waals surface area (Å²) >= 11 is 0. The molecule has 0 aromatic rings. The fourth-order valence-corrected chi connectivity index (χ4v) is 1.92. The minimum atomic E-state index is -0.388. The van der Waals surface area contributed by atoms with Gasteiger partial charge in [-0.3, -0.25) is 0 Å². The topological polar surface area (TPSA) is 61.5 Å². The summed E-state index contributed by atoms with van der Waals surface area (Å²) in [5.41, 5.74) is 5.30. The third-order valence-electron chi connectivity index (χ3n) is 2.87. The number of hydrogen-bond donors (Lipinski definition) is 3. The van der Waals surface area contributed by atoms with Gasteiger partial charge in [-0.1, -0.05) is 0 Å². The molecule has 0 bridgehead atoms. The van der Waals surface area contributed by atoms with Gasteiger partial charge < -0.3 is 21.1 Å². The Balaban J connectivity index is 1.94.